The van der Waals surface area contributed by atoms with Gasteiger partial charge in [-0.25, -0.2) is 4.39 Å². The average Bonchev–Trinajstić information content (AvgIpc) is 2.39. The third-order valence-corrected chi connectivity index (χ3v) is 2.61. The van der Waals surface area contributed by atoms with Gasteiger partial charge < -0.3 is 10.1 Å². The fourth-order valence-corrected chi connectivity index (χ4v) is 1.59. The Morgan fingerprint density at radius 2 is 1.67 bits per heavy atom. The summed E-state index contributed by atoms with van der Waals surface area (Å²) in [4.78, 5) is 0. The quantitative estimate of drug-likeness (QED) is 0.826. The maximum atomic E-state index is 12.7. The van der Waals surface area contributed by atoms with E-state index in [1.54, 1.807) is 12.1 Å². The molecule has 2 rings (SSSR count). The van der Waals surface area contributed by atoms with E-state index in [2.05, 4.69) is 5.32 Å². The molecule has 0 saturated carbocycles. The van der Waals surface area contributed by atoms with Crippen LogP contribution < -0.4 is 10.1 Å². The monoisotopic (exact) mass is 265 g/mol. The summed E-state index contributed by atoms with van der Waals surface area (Å²) in [5.74, 6) is 0.399. The lowest BCUT2D eigenvalue weighted by Crippen LogP contribution is -2.11. The van der Waals surface area contributed by atoms with Crippen molar-refractivity contribution in [2.45, 2.75) is 0 Å². The summed E-state index contributed by atoms with van der Waals surface area (Å²) < 4.78 is 18.1. The van der Waals surface area contributed by atoms with Crippen molar-refractivity contribution in [3.05, 3.63) is 59.4 Å². The molecule has 0 aromatic heterocycles. The minimum Gasteiger partial charge on any atom is -0.492 e. The summed E-state index contributed by atoms with van der Waals surface area (Å²) in [5, 5.41) is 3.91. The molecule has 0 bridgehead atoms. The summed E-state index contributed by atoms with van der Waals surface area (Å²) in [6, 6.07) is 13.4. The van der Waals surface area contributed by atoms with Crippen LogP contribution in [0.2, 0.25) is 5.02 Å². The van der Waals surface area contributed by atoms with Gasteiger partial charge in [-0.3, -0.25) is 0 Å². The highest BCUT2D eigenvalue weighted by Gasteiger charge is 1.95. The van der Waals surface area contributed by atoms with Gasteiger partial charge in [0.25, 0.3) is 0 Å². The van der Waals surface area contributed by atoms with Crippen LogP contribution in [0.3, 0.4) is 0 Å². The van der Waals surface area contributed by atoms with Crippen LogP contribution in [0.1, 0.15) is 0 Å². The molecule has 0 radical (unpaired) electrons. The van der Waals surface area contributed by atoms with Crippen molar-refractivity contribution in [3.63, 3.8) is 0 Å². The number of nitrogens with one attached hydrogen (secondary N) is 1. The van der Waals surface area contributed by atoms with E-state index in [-0.39, 0.29) is 5.82 Å². The van der Waals surface area contributed by atoms with Gasteiger partial charge in [-0.05, 0) is 48.5 Å². The van der Waals surface area contributed by atoms with Gasteiger partial charge in [-0.1, -0.05) is 11.6 Å². The van der Waals surface area contributed by atoms with Crippen LogP contribution in [0.25, 0.3) is 0 Å². The Bertz CT molecular complexity index is 437. The first-order valence-electron chi connectivity index (χ1n) is 5.62. The number of anilines is 1. The average molecular weight is 266 g/mol. The van der Waals surface area contributed by atoms with Crippen LogP contribution in [0.15, 0.2) is 48.5 Å². The number of hydrogen-bond donors (Lipinski definition) is 1. The van der Waals surface area contributed by atoms with E-state index in [0.717, 1.165) is 5.69 Å². The van der Waals surface area contributed by atoms with E-state index in [4.69, 9.17) is 16.3 Å². The normalized spacial score (nSPS) is 10.1. The standard InChI is InChI=1S/C14H13ClFNO/c15-11-1-5-13(6-2-11)17-9-10-18-14-7-3-12(16)4-8-14/h1-8,17H,9-10H2. The Kier molecular flexibility index (Phi) is 4.42. The largest absolute Gasteiger partial charge is 0.492 e. The Balaban J connectivity index is 1.73. The van der Waals surface area contributed by atoms with Crippen molar-refractivity contribution in [2.24, 2.45) is 0 Å². The lowest BCUT2D eigenvalue weighted by atomic mass is 10.3. The topological polar surface area (TPSA) is 21.3 Å². The van der Waals surface area contributed by atoms with Crippen LogP contribution >= 0.6 is 11.6 Å². The van der Waals surface area contributed by atoms with Crippen molar-refractivity contribution in [1.82, 2.24) is 0 Å². The number of benzene rings is 2. The highest BCUT2D eigenvalue weighted by molar-refractivity contribution is 6.30. The fourth-order valence-electron chi connectivity index (χ4n) is 1.46. The summed E-state index contributed by atoms with van der Waals surface area (Å²) in [6.45, 7) is 1.17. The second kappa shape index (κ2) is 6.26. The van der Waals surface area contributed by atoms with Gasteiger partial charge in [0, 0.05) is 17.3 Å². The zero-order chi connectivity index (χ0) is 12.8. The zero-order valence-electron chi connectivity index (χ0n) is 9.70. The molecule has 4 heteroatoms. The van der Waals surface area contributed by atoms with Gasteiger partial charge in [0.05, 0.1) is 0 Å². The highest BCUT2D eigenvalue weighted by atomic mass is 35.5. The first kappa shape index (κ1) is 12.7. The molecule has 0 spiro atoms. The van der Waals surface area contributed by atoms with Crippen molar-refractivity contribution in [2.75, 3.05) is 18.5 Å². The molecule has 0 amide bonds. The third kappa shape index (κ3) is 3.93. The summed E-state index contributed by atoms with van der Waals surface area (Å²) in [7, 11) is 0. The maximum absolute atomic E-state index is 12.7. The first-order valence-corrected chi connectivity index (χ1v) is 6.00. The second-order valence-electron chi connectivity index (χ2n) is 3.74. The first-order chi connectivity index (χ1) is 8.74. The molecule has 0 saturated heterocycles. The molecule has 1 N–H and O–H groups in total. The van der Waals surface area contributed by atoms with Crippen LogP contribution in [-0.2, 0) is 0 Å². The molecule has 0 fully saturated rings. The Morgan fingerprint density at radius 3 is 2.33 bits per heavy atom. The molecule has 0 atom stereocenters. The number of ether oxygens (including phenoxy) is 1. The minimum atomic E-state index is -0.262. The van der Waals surface area contributed by atoms with Crippen molar-refractivity contribution in [3.8, 4) is 5.75 Å². The molecule has 2 aromatic rings. The molecule has 2 aromatic carbocycles. The highest BCUT2D eigenvalue weighted by Crippen LogP contribution is 2.13. The molecule has 94 valence electrons. The molecule has 0 aliphatic carbocycles. The SMILES string of the molecule is Fc1ccc(OCCNc2ccc(Cl)cc2)cc1. The van der Waals surface area contributed by atoms with Gasteiger partial charge in [-0.15, -0.1) is 0 Å². The van der Waals surface area contributed by atoms with Crippen molar-refractivity contribution < 1.29 is 9.13 Å². The number of rotatable bonds is 5. The number of halogens is 2. The Labute approximate surface area is 110 Å². The predicted molar refractivity (Wildman–Crippen MR) is 71.8 cm³/mol. The van der Waals surface area contributed by atoms with Gasteiger partial charge in [0.1, 0.15) is 18.2 Å². The molecular formula is C14H13ClFNO. The maximum Gasteiger partial charge on any atom is 0.123 e. The van der Waals surface area contributed by atoms with Gasteiger partial charge in [0.15, 0.2) is 0 Å². The summed E-state index contributed by atoms with van der Waals surface area (Å²) >= 11 is 5.78. The van der Waals surface area contributed by atoms with Crippen molar-refractivity contribution in [1.29, 1.82) is 0 Å². The van der Waals surface area contributed by atoms with E-state index in [0.29, 0.717) is 23.9 Å². The minimum absolute atomic E-state index is 0.262. The number of hydrogen-bond acceptors (Lipinski definition) is 2. The summed E-state index contributed by atoms with van der Waals surface area (Å²) in [5.41, 5.74) is 0.988. The summed E-state index contributed by atoms with van der Waals surface area (Å²) in [6.07, 6.45) is 0. The van der Waals surface area contributed by atoms with Crippen LogP contribution in [-0.4, -0.2) is 13.2 Å². The van der Waals surface area contributed by atoms with Crippen LogP contribution in [0, 0.1) is 5.82 Å². The second-order valence-corrected chi connectivity index (χ2v) is 4.17. The lowest BCUT2D eigenvalue weighted by molar-refractivity contribution is 0.332. The van der Waals surface area contributed by atoms with Crippen molar-refractivity contribution >= 4 is 17.3 Å². The van der Waals surface area contributed by atoms with E-state index >= 15 is 0 Å². The smallest absolute Gasteiger partial charge is 0.123 e. The molecule has 0 aliphatic heterocycles. The molecule has 0 unspecified atom stereocenters. The van der Waals surface area contributed by atoms with Gasteiger partial charge in [-0.2, -0.15) is 0 Å². The van der Waals surface area contributed by atoms with Gasteiger partial charge in [0.2, 0.25) is 0 Å². The lowest BCUT2D eigenvalue weighted by Gasteiger charge is -2.08. The Morgan fingerprint density at radius 1 is 1.00 bits per heavy atom. The molecule has 0 aliphatic rings. The van der Waals surface area contributed by atoms with Gasteiger partial charge >= 0.3 is 0 Å². The predicted octanol–water partition coefficient (Wildman–Crippen LogP) is 3.97. The molecule has 0 heterocycles. The zero-order valence-corrected chi connectivity index (χ0v) is 10.5. The molecular weight excluding hydrogens is 253 g/mol. The van der Waals surface area contributed by atoms with Crippen LogP contribution in [0.5, 0.6) is 5.75 Å². The van der Waals surface area contributed by atoms with E-state index in [9.17, 15) is 4.39 Å². The molecule has 2 nitrogen and oxygen atoms in total. The molecule has 18 heavy (non-hydrogen) atoms. The fraction of sp³-hybridized carbons (Fsp3) is 0.143. The van der Waals surface area contributed by atoms with E-state index < -0.39 is 0 Å². The third-order valence-electron chi connectivity index (χ3n) is 2.36. The van der Waals surface area contributed by atoms with E-state index in [1.807, 2.05) is 24.3 Å². The van der Waals surface area contributed by atoms with E-state index in [1.165, 1.54) is 12.1 Å². The van der Waals surface area contributed by atoms with Crippen LogP contribution in [0.4, 0.5) is 10.1 Å². The Hall–Kier alpha value is -1.74.